The number of anilines is 1. The third-order valence-electron chi connectivity index (χ3n) is 4.57. The molecule has 1 aliphatic carbocycles. The van der Waals surface area contributed by atoms with Gasteiger partial charge in [0.2, 0.25) is 5.91 Å². The van der Waals surface area contributed by atoms with Crippen molar-refractivity contribution >= 4 is 28.5 Å². The van der Waals surface area contributed by atoms with Gasteiger partial charge in [0, 0.05) is 28.7 Å². The number of carboxylic acid groups (broad SMARTS) is 1. The van der Waals surface area contributed by atoms with Gasteiger partial charge in [0.1, 0.15) is 6.54 Å². The lowest BCUT2D eigenvalue weighted by Crippen LogP contribution is -2.22. The average Bonchev–Trinajstić information content (AvgIpc) is 2.74. The highest BCUT2D eigenvalue weighted by molar-refractivity contribution is 5.95. The molecule has 2 aromatic rings. The van der Waals surface area contributed by atoms with E-state index < -0.39 is 5.97 Å². The number of hydrogen-bond donors (Lipinski definition) is 2. The Kier molecular flexibility index (Phi) is 4.65. The van der Waals surface area contributed by atoms with Crippen molar-refractivity contribution in [1.82, 2.24) is 4.57 Å². The number of benzene rings is 1. The zero-order chi connectivity index (χ0) is 16.2. The Bertz CT molecular complexity index is 712. The molecule has 1 saturated carbocycles. The van der Waals surface area contributed by atoms with E-state index in [9.17, 15) is 9.59 Å². The van der Waals surface area contributed by atoms with Gasteiger partial charge in [0.05, 0.1) is 0 Å². The van der Waals surface area contributed by atoms with Gasteiger partial charge < -0.3 is 15.0 Å². The summed E-state index contributed by atoms with van der Waals surface area (Å²) in [4.78, 5) is 23.3. The molecule has 1 amide bonds. The molecular formula is C18H22N2O3. The van der Waals surface area contributed by atoms with Crippen molar-refractivity contribution in [2.75, 3.05) is 5.32 Å². The molecule has 0 bridgehead atoms. The number of aliphatic carboxylic acids is 1. The molecule has 0 spiro atoms. The minimum Gasteiger partial charge on any atom is -0.480 e. The molecule has 0 saturated heterocycles. The lowest BCUT2D eigenvalue weighted by atomic mass is 9.99. The van der Waals surface area contributed by atoms with E-state index in [2.05, 4.69) is 5.32 Å². The minimum atomic E-state index is -0.867. The first-order valence-electron chi connectivity index (χ1n) is 8.25. The largest absolute Gasteiger partial charge is 0.480 e. The van der Waals surface area contributed by atoms with Crippen LogP contribution < -0.4 is 5.32 Å². The monoisotopic (exact) mass is 314 g/mol. The zero-order valence-electron chi connectivity index (χ0n) is 13.1. The van der Waals surface area contributed by atoms with E-state index >= 15 is 0 Å². The molecule has 0 radical (unpaired) electrons. The molecule has 1 aromatic carbocycles. The summed E-state index contributed by atoms with van der Waals surface area (Å²) in [6, 6.07) is 7.48. The highest BCUT2D eigenvalue weighted by Crippen LogP contribution is 2.25. The van der Waals surface area contributed by atoms with Crippen LogP contribution in [0.25, 0.3) is 10.9 Å². The average molecular weight is 314 g/mol. The Morgan fingerprint density at radius 3 is 2.57 bits per heavy atom. The number of carboxylic acids is 1. The molecule has 1 heterocycles. The van der Waals surface area contributed by atoms with Crippen LogP contribution >= 0.6 is 0 Å². The zero-order valence-corrected chi connectivity index (χ0v) is 13.1. The Balaban J connectivity index is 1.73. The molecule has 2 N–H and O–H groups in total. The van der Waals surface area contributed by atoms with E-state index in [0.717, 1.165) is 42.3 Å². The number of nitrogens with zero attached hydrogens (tertiary/aromatic N) is 1. The van der Waals surface area contributed by atoms with E-state index in [0.29, 0.717) is 0 Å². The number of hydrogen-bond acceptors (Lipinski definition) is 2. The Labute approximate surface area is 135 Å². The number of rotatable bonds is 4. The van der Waals surface area contributed by atoms with Crippen molar-refractivity contribution in [2.24, 2.45) is 5.92 Å². The molecule has 0 atom stereocenters. The van der Waals surface area contributed by atoms with Gasteiger partial charge in [0.25, 0.3) is 0 Å². The van der Waals surface area contributed by atoms with Gasteiger partial charge in [-0.1, -0.05) is 25.7 Å². The Morgan fingerprint density at radius 1 is 1.13 bits per heavy atom. The minimum absolute atomic E-state index is 0.0583. The molecule has 1 fully saturated rings. The second kappa shape index (κ2) is 6.86. The second-order valence-electron chi connectivity index (χ2n) is 6.29. The molecule has 3 rings (SSSR count). The summed E-state index contributed by atoms with van der Waals surface area (Å²) in [5.74, 6) is -0.644. The van der Waals surface area contributed by atoms with Crippen molar-refractivity contribution in [3.8, 4) is 0 Å². The first kappa shape index (κ1) is 15.6. The Morgan fingerprint density at radius 2 is 1.87 bits per heavy atom. The van der Waals surface area contributed by atoms with Crippen LogP contribution in [-0.2, 0) is 16.1 Å². The predicted octanol–water partition coefficient (Wildman–Crippen LogP) is 3.63. The summed E-state index contributed by atoms with van der Waals surface area (Å²) in [5.41, 5.74) is 1.64. The quantitative estimate of drug-likeness (QED) is 0.846. The van der Waals surface area contributed by atoms with E-state index in [1.54, 1.807) is 10.8 Å². The lowest BCUT2D eigenvalue weighted by Gasteiger charge is -2.14. The number of fused-ring (bicyclic) bond motifs is 1. The third kappa shape index (κ3) is 3.73. The van der Waals surface area contributed by atoms with Gasteiger partial charge in [-0.25, -0.2) is 0 Å². The molecule has 5 nitrogen and oxygen atoms in total. The van der Waals surface area contributed by atoms with Gasteiger partial charge in [-0.2, -0.15) is 0 Å². The molecule has 0 unspecified atom stereocenters. The topological polar surface area (TPSA) is 71.3 Å². The standard InChI is InChI=1S/C18H22N2O3/c21-17(22)12-20-10-9-14-11-15(7-8-16(14)20)19-18(23)13-5-3-1-2-4-6-13/h7-11,13H,1-6,12H2,(H,19,23)(H,21,22). The molecule has 1 aliphatic rings. The van der Waals surface area contributed by atoms with Crippen LogP contribution in [0.5, 0.6) is 0 Å². The molecule has 5 heteroatoms. The van der Waals surface area contributed by atoms with Crippen LogP contribution in [0.3, 0.4) is 0 Å². The van der Waals surface area contributed by atoms with Crippen molar-refractivity contribution in [2.45, 2.75) is 45.1 Å². The maximum atomic E-state index is 12.4. The van der Waals surface area contributed by atoms with Crippen LogP contribution in [0.15, 0.2) is 30.5 Å². The number of nitrogens with one attached hydrogen (secondary N) is 1. The maximum Gasteiger partial charge on any atom is 0.323 e. The molecule has 122 valence electrons. The Hall–Kier alpha value is -2.30. The number of carbonyl (C=O) groups is 2. The normalized spacial score (nSPS) is 16.2. The summed E-state index contributed by atoms with van der Waals surface area (Å²) in [6.45, 7) is -0.0583. The fourth-order valence-corrected chi connectivity index (χ4v) is 3.35. The van der Waals surface area contributed by atoms with E-state index in [1.807, 2.05) is 24.3 Å². The van der Waals surface area contributed by atoms with Gasteiger partial charge in [-0.05, 0) is 37.1 Å². The van der Waals surface area contributed by atoms with Crippen LogP contribution in [0, 0.1) is 5.92 Å². The van der Waals surface area contributed by atoms with Crippen LogP contribution in [-0.4, -0.2) is 21.6 Å². The van der Waals surface area contributed by atoms with Crippen molar-refractivity contribution < 1.29 is 14.7 Å². The third-order valence-corrected chi connectivity index (χ3v) is 4.57. The van der Waals surface area contributed by atoms with E-state index in [1.165, 1.54) is 12.8 Å². The summed E-state index contributed by atoms with van der Waals surface area (Å²) in [6.07, 6.45) is 8.44. The summed E-state index contributed by atoms with van der Waals surface area (Å²) in [7, 11) is 0. The van der Waals surface area contributed by atoms with Gasteiger partial charge in [-0.15, -0.1) is 0 Å². The SMILES string of the molecule is O=C(O)Cn1ccc2cc(NC(=O)C3CCCCCC3)ccc21. The van der Waals surface area contributed by atoms with Crippen LogP contribution in [0.4, 0.5) is 5.69 Å². The smallest absolute Gasteiger partial charge is 0.323 e. The van der Waals surface area contributed by atoms with E-state index in [-0.39, 0.29) is 18.4 Å². The molecule has 0 aliphatic heterocycles. The highest BCUT2D eigenvalue weighted by atomic mass is 16.4. The van der Waals surface area contributed by atoms with Gasteiger partial charge >= 0.3 is 5.97 Å². The molecule has 23 heavy (non-hydrogen) atoms. The summed E-state index contributed by atoms with van der Waals surface area (Å²) in [5, 5.41) is 12.9. The van der Waals surface area contributed by atoms with Gasteiger partial charge in [0.15, 0.2) is 0 Å². The second-order valence-corrected chi connectivity index (χ2v) is 6.29. The fraction of sp³-hybridized carbons (Fsp3) is 0.444. The van der Waals surface area contributed by atoms with Gasteiger partial charge in [-0.3, -0.25) is 9.59 Å². The van der Waals surface area contributed by atoms with Crippen molar-refractivity contribution in [1.29, 1.82) is 0 Å². The summed E-state index contributed by atoms with van der Waals surface area (Å²) >= 11 is 0. The van der Waals surface area contributed by atoms with Crippen molar-refractivity contribution in [3.63, 3.8) is 0 Å². The lowest BCUT2D eigenvalue weighted by molar-refractivity contribution is -0.137. The molecule has 1 aromatic heterocycles. The predicted molar refractivity (Wildman–Crippen MR) is 89.4 cm³/mol. The number of aromatic nitrogens is 1. The number of amides is 1. The first-order chi connectivity index (χ1) is 11.1. The maximum absolute atomic E-state index is 12.4. The number of carbonyl (C=O) groups excluding carboxylic acids is 1. The molecular weight excluding hydrogens is 292 g/mol. The van der Waals surface area contributed by atoms with Crippen LogP contribution in [0.1, 0.15) is 38.5 Å². The van der Waals surface area contributed by atoms with Crippen molar-refractivity contribution in [3.05, 3.63) is 30.5 Å². The fourth-order valence-electron chi connectivity index (χ4n) is 3.35. The first-order valence-corrected chi connectivity index (χ1v) is 8.25. The summed E-state index contributed by atoms with van der Waals surface area (Å²) < 4.78 is 1.69. The highest BCUT2D eigenvalue weighted by Gasteiger charge is 2.20. The van der Waals surface area contributed by atoms with Crippen LogP contribution in [0.2, 0.25) is 0 Å². The van der Waals surface area contributed by atoms with E-state index in [4.69, 9.17) is 5.11 Å².